The molecule has 1 heterocycles. The van der Waals surface area contributed by atoms with Crippen LogP contribution in [0.2, 0.25) is 0 Å². The third-order valence-electron chi connectivity index (χ3n) is 2.93. The predicted molar refractivity (Wildman–Crippen MR) is 68.7 cm³/mol. The van der Waals surface area contributed by atoms with Crippen molar-refractivity contribution in [2.45, 2.75) is 13.8 Å². The molecule has 1 aliphatic rings. The van der Waals surface area contributed by atoms with Gasteiger partial charge in [-0.2, -0.15) is 0 Å². The maximum absolute atomic E-state index is 3.57. The van der Waals surface area contributed by atoms with E-state index in [0.717, 1.165) is 26.2 Å². The van der Waals surface area contributed by atoms with Crippen molar-refractivity contribution in [3.8, 4) is 0 Å². The molecule has 1 fully saturated rings. The fourth-order valence-corrected chi connectivity index (χ4v) is 2.47. The lowest BCUT2D eigenvalue weighted by Gasteiger charge is -2.31. The fourth-order valence-electron chi connectivity index (χ4n) is 2.01. The van der Waals surface area contributed by atoms with Gasteiger partial charge in [0.15, 0.2) is 0 Å². The van der Waals surface area contributed by atoms with Crippen molar-refractivity contribution in [1.82, 2.24) is 5.32 Å². The van der Waals surface area contributed by atoms with Gasteiger partial charge in [-0.3, -0.25) is 0 Å². The monoisotopic (exact) mass is 268 g/mol. The average molecular weight is 269 g/mol. The van der Waals surface area contributed by atoms with Crippen molar-refractivity contribution in [3.05, 3.63) is 27.7 Å². The number of piperazine rings is 1. The zero-order valence-electron chi connectivity index (χ0n) is 9.31. The molecule has 2 nitrogen and oxygen atoms in total. The highest BCUT2D eigenvalue weighted by molar-refractivity contribution is 9.10. The molecule has 3 heteroatoms. The molecule has 1 N–H and O–H groups in total. The number of anilines is 1. The van der Waals surface area contributed by atoms with Crippen molar-refractivity contribution in [2.24, 2.45) is 0 Å². The molecule has 0 radical (unpaired) electrons. The van der Waals surface area contributed by atoms with Gasteiger partial charge >= 0.3 is 0 Å². The first-order chi connectivity index (χ1) is 7.18. The Bertz CT molecular complexity index is 357. The van der Waals surface area contributed by atoms with Gasteiger partial charge in [0.25, 0.3) is 0 Å². The molecule has 0 spiro atoms. The zero-order valence-corrected chi connectivity index (χ0v) is 10.9. The number of halogens is 1. The van der Waals surface area contributed by atoms with Crippen LogP contribution in [-0.4, -0.2) is 26.2 Å². The fraction of sp³-hybridized carbons (Fsp3) is 0.500. The van der Waals surface area contributed by atoms with E-state index >= 15 is 0 Å². The molecule has 1 aromatic rings. The average Bonchev–Trinajstić information content (AvgIpc) is 2.25. The molecule has 0 atom stereocenters. The van der Waals surface area contributed by atoms with Crippen LogP contribution in [0, 0.1) is 13.8 Å². The van der Waals surface area contributed by atoms with Gasteiger partial charge in [-0.15, -0.1) is 0 Å². The van der Waals surface area contributed by atoms with E-state index in [4.69, 9.17) is 0 Å². The van der Waals surface area contributed by atoms with E-state index in [1.807, 2.05) is 0 Å². The van der Waals surface area contributed by atoms with Gasteiger partial charge in [0, 0.05) is 36.3 Å². The Kier molecular flexibility index (Phi) is 3.32. The van der Waals surface area contributed by atoms with Crippen LogP contribution in [0.4, 0.5) is 5.69 Å². The number of aryl methyl sites for hydroxylation is 2. The first-order valence-corrected chi connectivity index (χ1v) is 6.20. The summed E-state index contributed by atoms with van der Waals surface area (Å²) in [6, 6.07) is 4.50. The molecule has 0 saturated carbocycles. The second-order valence-corrected chi connectivity index (χ2v) is 4.98. The molecule has 1 aliphatic heterocycles. The van der Waals surface area contributed by atoms with Gasteiger partial charge in [0.05, 0.1) is 0 Å². The topological polar surface area (TPSA) is 15.3 Å². The Morgan fingerprint density at radius 1 is 1.13 bits per heavy atom. The zero-order chi connectivity index (χ0) is 10.8. The van der Waals surface area contributed by atoms with E-state index in [1.165, 1.54) is 21.3 Å². The number of nitrogens with one attached hydrogen (secondary N) is 1. The molecule has 1 saturated heterocycles. The van der Waals surface area contributed by atoms with Gasteiger partial charge in [0.1, 0.15) is 0 Å². The lowest BCUT2D eigenvalue weighted by molar-refractivity contribution is 0.588. The first-order valence-electron chi connectivity index (χ1n) is 5.41. The largest absolute Gasteiger partial charge is 0.369 e. The molecule has 0 aliphatic carbocycles. The summed E-state index contributed by atoms with van der Waals surface area (Å²) in [5.41, 5.74) is 4.06. The molecule has 82 valence electrons. The van der Waals surface area contributed by atoms with E-state index in [0.29, 0.717) is 0 Å². The summed E-state index contributed by atoms with van der Waals surface area (Å²) in [6.07, 6.45) is 0. The molecular formula is C12H17BrN2. The van der Waals surface area contributed by atoms with Crippen LogP contribution in [0.15, 0.2) is 16.6 Å². The Morgan fingerprint density at radius 2 is 1.80 bits per heavy atom. The number of benzene rings is 1. The van der Waals surface area contributed by atoms with Crippen molar-refractivity contribution in [3.63, 3.8) is 0 Å². The third kappa shape index (κ3) is 2.34. The summed E-state index contributed by atoms with van der Waals surface area (Å²) >= 11 is 3.57. The normalized spacial score (nSPS) is 16.9. The summed E-state index contributed by atoms with van der Waals surface area (Å²) in [4.78, 5) is 2.46. The molecule has 2 rings (SSSR count). The molecule has 0 amide bonds. The summed E-state index contributed by atoms with van der Waals surface area (Å²) in [6.45, 7) is 8.74. The maximum atomic E-state index is 3.57. The minimum atomic E-state index is 1.09. The Hall–Kier alpha value is -0.540. The highest BCUT2D eigenvalue weighted by atomic mass is 79.9. The van der Waals surface area contributed by atoms with E-state index in [1.54, 1.807) is 0 Å². The Labute approximate surface area is 99.8 Å². The summed E-state index contributed by atoms with van der Waals surface area (Å²) in [7, 11) is 0. The van der Waals surface area contributed by atoms with Crippen LogP contribution in [0.3, 0.4) is 0 Å². The van der Waals surface area contributed by atoms with Crippen LogP contribution >= 0.6 is 15.9 Å². The van der Waals surface area contributed by atoms with E-state index < -0.39 is 0 Å². The van der Waals surface area contributed by atoms with Gasteiger partial charge in [-0.05, 0) is 37.1 Å². The molecule has 0 unspecified atom stereocenters. The molecular weight excluding hydrogens is 252 g/mol. The minimum absolute atomic E-state index is 1.09. The number of rotatable bonds is 1. The SMILES string of the molecule is Cc1cc(N2CCNCC2)c(C)cc1Br. The number of hydrogen-bond donors (Lipinski definition) is 1. The first kappa shape index (κ1) is 11.0. The standard InChI is InChI=1S/C12H17BrN2/c1-9-8-12(10(2)7-11(9)13)15-5-3-14-4-6-15/h7-8,14H,3-6H2,1-2H3. The van der Waals surface area contributed by atoms with Gasteiger partial charge in [-0.1, -0.05) is 15.9 Å². The van der Waals surface area contributed by atoms with E-state index in [9.17, 15) is 0 Å². The second kappa shape index (κ2) is 4.54. The molecule has 15 heavy (non-hydrogen) atoms. The second-order valence-electron chi connectivity index (χ2n) is 4.12. The molecule has 0 aromatic heterocycles. The van der Waals surface area contributed by atoms with Crippen LogP contribution in [-0.2, 0) is 0 Å². The van der Waals surface area contributed by atoms with Crippen LogP contribution in [0.25, 0.3) is 0 Å². The van der Waals surface area contributed by atoms with Crippen molar-refractivity contribution >= 4 is 21.6 Å². The quantitative estimate of drug-likeness (QED) is 0.842. The summed E-state index contributed by atoms with van der Waals surface area (Å²) in [5, 5.41) is 3.38. The highest BCUT2D eigenvalue weighted by Gasteiger charge is 2.13. The number of hydrogen-bond acceptors (Lipinski definition) is 2. The maximum Gasteiger partial charge on any atom is 0.0400 e. The lowest BCUT2D eigenvalue weighted by Crippen LogP contribution is -2.43. The Balaban J connectivity index is 2.30. The number of nitrogens with zero attached hydrogens (tertiary/aromatic N) is 1. The minimum Gasteiger partial charge on any atom is -0.369 e. The van der Waals surface area contributed by atoms with Gasteiger partial charge < -0.3 is 10.2 Å². The smallest absolute Gasteiger partial charge is 0.0400 e. The van der Waals surface area contributed by atoms with Crippen LogP contribution in [0.1, 0.15) is 11.1 Å². The highest BCUT2D eigenvalue weighted by Crippen LogP contribution is 2.27. The molecule has 1 aromatic carbocycles. The third-order valence-corrected chi connectivity index (χ3v) is 3.79. The van der Waals surface area contributed by atoms with Crippen molar-refractivity contribution in [1.29, 1.82) is 0 Å². The van der Waals surface area contributed by atoms with Gasteiger partial charge in [-0.25, -0.2) is 0 Å². The molecule has 0 bridgehead atoms. The van der Waals surface area contributed by atoms with Gasteiger partial charge in [0.2, 0.25) is 0 Å². The van der Waals surface area contributed by atoms with Crippen LogP contribution in [0.5, 0.6) is 0 Å². The summed E-state index contributed by atoms with van der Waals surface area (Å²) < 4.78 is 1.21. The van der Waals surface area contributed by atoms with Crippen LogP contribution < -0.4 is 10.2 Å². The van der Waals surface area contributed by atoms with E-state index in [-0.39, 0.29) is 0 Å². The predicted octanol–water partition coefficient (Wildman–Crippen LogP) is 2.48. The Morgan fingerprint density at radius 3 is 2.47 bits per heavy atom. The lowest BCUT2D eigenvalue weighted by atomic mass is 10.1. The van der Waals surface area contributed by atoms with Crippen molar-refractivity contribution < 1.29 is 0 Å². The summed E-state index contributed by atoms with van der Waals surface area (Å²) in [5.74, 6) is 0. The van der Waals surface area contributed by atoms with E-state index in [2.05, 4.69) is 52.1 Å². The van der Waals surface area contributed by atoms with Crippen molar-refractivity contribution in [2.75, 3.05) is 31.1 Å².